The number of nitrogens with one attached hydrogen (secondary N) is 1. The second kappa shape index (κ2) is 2.76. The number of hydrogen-bond donors (Lipinski definition) is 1. The van der Waals surface area contributed by atoms with Gasteiger partial charge in [0.15, 0.2) is 0 Å². The summed E-state index contributed by atoms with van der Waals surface area (Å²) in [6.07, 6.45) is 1.75. The van der Waals surface area contributed by atoms with Crippen molar-refractivity contribution in [3.05, 3.63) is 12.3 Å². The quantitative estimate of drug-likeness (QED) is 0.588. The van der Waals surface area contributed by atoms with Crippen LogP contribution in [0.3, 0.4) is 0 Å². The van der Waals surface area contributed by atoms with Crippen molar-refractivity contribution in [2.24, 2.45) is 0 Å². The Morgan fingerprint density at radius 2 is 2.75 bits per heavy atom. The maximum absolute atomic E-state index is 5.09. The van der Waals surface area contributed by atoms with Gasteiger partial charge < -0.3 is 0 Å². The molecule has 0 aromatic carbocycles. The Morgan fingerprint density at radius 1 is 1.88 bits per heavy atom. The Balaban J connectivity index is 2.50. The van der Waals surface area contributed by atoms with Crippen LogP contribution in [-0.2, 0) is 0 Å². The van der Waals surface area contributed by atoms with E-state index in [1.807, 2.05) is 6.07 Å². The molecule has 0 saturated carbocycles. The standard InChI is InChI=1S/C4H8GeN2O/c5-3-8-4-1-2-6-7-4/h1-2H,3H2,5H3,(H,6,7). The molecule has 8 heavy (non-hydrogen) atoms. The van der Waals surface area contributed by atoms with Gasteiger partial charge in [-0.1, -0.05) is 0 Å². The van der Waals surface area contributed by atoms with Crippen LogP contribution in [0, 0.1) is 0 Å². The molecule has 0 amide bonds. The van der Waals surface area contributed by atoms with Crippen LogP contribution in [0.15, 0.2) is 12.3 Å². The molecule has 1 aromatic rings. The number of aromatic nitrogens is 2. The van der Waals surface area contributed by atoms with Gasteiger partial charge in [0.1, 0.15) is 0 Å². The molecule has 3 nitrogen and oxygen atoms in total. The first-order valence-corrected chi connectivity index (χ1v) is 5.52. The molecule has 0 saturated heterocycles. The Hall–Kier alpha value is -0.447. The SMILES string of the molecule is [GeH3][CH2]Oc1cc[nH]n1. The summed E-state index contributed by atoms with van der Waals surface area (Å²) in [6.45, 7) is 0. The number of hydrogen-bond acceptors (Lipinski definition) is 2. The fraction of sp³-hybridized carbons (Fsp3) is 0.250. The van der Waals surface area contributed by atoms with E-state index >= 15 is 0 Å². The monoisotopic (exact) mass is 174 g/mol. The molecule has 1 rings (SSSR count). The molecule has 0 atom stereocenters. The number of ether oxygens (including phenoxy) is 1. The molecule has 0 aliphatic heterocycles. The zero-order valence-electron chi connectivity index (χ0n) is 4.72. The van der Waals surface area contributed by atoms with E-state index < -0.39 is 0 Å². The van der Waals surface area contributed by atoms with Crippen molar-refractivity contribution < 1.29 is 4.74 Å². The molecule has 1 N–H and O–H groups in total. The number of rotatable bonds is 2. The van der Waals surface area contributed by atoms with Gasteiger partial charge in [0.05, 0.1) is 0 Å². The average Bonchev–Trinajstić information content (AvgIpc) is 2.19. The van der Waals surface area contributed by atoms with Gasteiger partial charge in [-0.15, -0.1) is 0 Å². The summed E-state index contributed by atoms with van der Waals surface area (Å²) in [5.74, 6) is 0.707. The van der Waals surface area contributed by atoms with E-state index in [0.29, 0.717) is 5.88 Å². The average molecular weight is 173 g/mol. The Kier molecular flexibility index (Phi) is 1.96. The molecule has 0 radical (unpaired) electrons. The second-order valence-corrected chi connectivity index (χ2v) is 2.56. The molecular formula is C4H8GeN2O. The molecule has 0 unspecified atom stereocenters. The Labute approximate surface area is 55.7 Å². The fourth-order valence-electron chi connectivity index (χ4n) is 0.475. The molecule has 0 aliphatic rings. The summed E-state index contributed by atoms with van der Waals surface area (Å²) in [6, 6.07) is 1.81. The van der Waals surface area contributed by atoms with Gasteiger partial charge in [-0.05, 0) is 0 Å². The van der Waals surface area contributed by atoms with Gasteiger partial charge in [-0.3, -0.25) is 0 Å². The first kappa shape index (κ1) is 5.69. The molecule has 0 aliphatic carbocycles. The van der Waals surface area contributed by atoms with Crippen LogP contribution in [0.4, 0.5) is 0 Å². The van der Waals surface area contributed by atoms with Crippen molar-refractivity contribution >= 4 is 16.5 Å². The van der Waals surface area contributed by atoms with Gasteiger partial charge >= 0.3 is 55.0 Å². The van der Waals surface area contributed by atoms with Crippen LogP contribution >= 0.6 is 0 Å². The van der Waals surface area contributed by atoms with E-state index in [1.165, 1.54) is 0 Å². The first-order valence-electron chi connectivity index (χ1n) is 2.56. The summed E-state index contributed by atoms with van der Waals surface area (Å²) in [4.78, 5) is 0. The van der Waals surface area contributed by atoms with E-state index in [0.717, 1.165) is 22.0 Å². The van der Waals surface area contributed by atoms with Gasteiger partial charge in [-0.25, -0.2) is 0 Å². The third kappa shape index (κ3) is 1.26. The van der Waals surface area contributed by atoms with Gasteiger partial charge in [0, 0.05) is 0 Å². The number of aromatic amines is 1. The van der Waals surface area contributed by atoms with Crippen LogP contribution < -0.4 is 4.74 Å². The van der Waals surface area contributed by atoms with Crippen molar-refractivity contribution in [1.82, 2.24) is 10.2 Å². The van der Waals surface area contributed by atoms with E-state index in [2.05, 4.69) is 10.2 Å². The predicted molar refractivity (Wildman–Crippen MR) is 34.0 cm³/mol. The maximum atomic E-state index is 5.09. The summed E-state index contributed by atoms with van der Waals surface area (Å²) < 4.78 is 5.09. The summed E-state index contributed by atoms with van der Waals surface area (Å²) in [5.41, 5.74) is 0.859. The fourth-order valence-corrected chi connectivity index (χ4v) is 1.10. The molecule has 0 bridgehead atoms. The van der Waals surface area contributed by atoms with E-state index in [9.17, 15) is 0 Å². The minimum absolute atomic E-state index is 0.707. The van der Waals surface area contributed by atoms with Crippen molar-refractivity contribution in [2.45, 2.75) is 0 Å². The molecule has 44 valence electrons. The predicted octanol–water partition coefficient (Wildman–Crippen LogP) is -0.889. The van der Waals surface area contributed by atoms with Crippen LogP contribution in [-0.4, -0.2) is 32.2 Å². The molecule has 4 heteroatoms. The van der Waals surface area contributed by atoms with E-state index in [1.54, 1.807) is 6.20 Å². The van der Waals surface area contributed by atoms with Crippen molar-refractivity contribution in [2.75, 3.05) is 5.44 Å². The Bertz CT molecular complexity index is 140. The topological polar surface area (TPSA) is 37.9 Å². The van der Waals surface area contributed by atoms with Crippen LogP contribution in [0.2, 0.25) is 0 Å². The Morgan fingerprint density at radius 3 is 3.25 bits per heavy atom. The minimum atomic E-state index is 0.707. The third-order valence-corrected chi connectivity index (χ3v) is 1.37. The molecule has 1 heterocycles. The van der Waals surface area contributed by atoms with Crippen molar-refractivity contribution in [3.8, 4) is 5.88 Å². The zero-order valence-corrected chi connectivity index (χ0v) is 8.91. The molecular weight excluding hydrogens is 165 g/mol. The second-order valence-electron chi connectivity index (χ2n) is 1.35. The van der Waals surface area contributed by atoms with Crippen molar-refractivity contribution in [1.29, 1.82) is 0 Å². The van der Waals surface area contributed by atoms with Gasteiger partial charge in [-0.2, -0.15) is 0 Å². The van der Waals surface area contributed by atoms with Gasteiger partial charge in [0.25, 0.3) is 0 Å². The first-order chi connectivity index (χ1) is 3.93. The summed E-state index contributed by atoms with van der Waals surface area (Å²) in [7, 11) is 0. The van der Waals surface area contributed by atoms with Crippen LogP contribution in [0.5, 0.6) is 5.88 Å². The normalized spacial score (nSPS) is 9.50. The van der Waals surface area contributed by atoms with E-state index in [-0.39, 0.29) is 0 Å². The van der Waals surface area contributed by atoms with Crippen molar-refractivity contribution in [3.63, 3.8) is 0 Å². The third-order valence-electron chi connectivity index (χ3n) is 0.767. The van der Waals surface area contributed by atoms with Gasteiger partial charge in [0.2, 0.25) is 0 Å². The number of nitrogens with zero attached hydrogens (tertiary/aromatic N) is 1. The molecule has 0 fully saturated rings. The van der Waals surface area contributed by atoms with Crippen LogP contribution in [0.1, 0.15) is 0 Å². The molecule has 1 aromatic heterocycles. The zero-order chi connectivity index (χ0) is 5.82. The van der Waals surface area contributed by atoms with Crippen LogP contribution in [0.25, 0.3) is 0 Å². The summed E-state index contributed by atoms with van der Waals surface area (Å²) in [5, 5.41) is 6.45. The summed E-state index contributed by atoms with van der Waals surface area (Å²) >= 11 is 0.756. The molecule has 0 spiro atoms. The van der Waals surface area contributed by atoms with E-state index in [4.69, 9.17) is 4.74 Å². The number of H-pyrrole nitrogens is 1.